The van der Waals surface area contributed by atoms with Crippen LogP contribution in [0.1, 0.15) is 38.7 Å². The number of aliphatic carboxylic acids is 1. The number of nitrogens with one attached hydrogen (secondary N) is 1. The molecular weight excluding hydrogens is 332 g/mol. The highest BCUT2D eigenvalue weighted by Crippen LogP contribution is 2.37. The number of anilines is 1. The summed E-state index contributed by atoms with van der Waals surface area (Å²) in [6, 6.07) is 11.6. The van der Waals surface area contributed by atoms with Crippen LogP contribution in [0.4, 0.5) is 5.69 Å². The second-order valence-electron chi connectivity index (χ2n) is 6.44. The summed E-state index contributed by atoms with van der Waals surface area (Å²) >= 11 is 0. The molecule has 26 heavy (non-hydrogen) atoms. The lowest BCUT2D eigenvalue weighted by molar-refractivity contribution is -0.165. The van der Waals surface area contributed by atoms with Crippen molar-refractivity contribution in [2.45, 2.75) is 38.7 Å². The van der Waals surface area contributed by atoms with Gasteiger partial charge in [0.15, 0.2) is 0 Å². The van der Waals surface area contributed by atoms with Crippen LogP contribution in [0.15, 0.2) is 36.4 Å². The van der Waals surface area contributed by atoms with E-state index in [0.717, 1.165) is 27.4 Å². The number of fused-ring (bicyclic) bond motifs is 3. The molecule has 136 valence electrons. The molecule has 1 heterocycles. The Hall–Kier alpha value is -3.02. The van der Waals surface area contributed by atoms with Gasteiger partial charge in [-0.05, 0) is 42.7 Å². The molecule has 4 N–H and O–H groups in total. The number of aromatic nitrogens is 1. The zero-order chi connectivity index (χ0) is 18.9. The van der Waals surface area contributed by atoms with Gasteiger partial charge in [0.2, 0.25) is 0 Å². The zero-order valence-electron chi connectivity index (χ0n) is 14.8. The number of aromatic amines is 1. The molecule has 6 nitrogen and oxygen atoms in total. The first kappa shape index (κ1) is 17.8. The SMILES string of the molecule is CCC(CC)(OC(=O)CC(=O)O)c1ccc2c(c1)[nH]c1ccc(N)cc12. The Morgan fingerprint density at radius 1 is 1.08 bits per heavy atom. The Kier molecular flexibility index (Phi) is 4.59. The monoisotopic (exact) mass is 354 g/mol. The Balaban J connectivity index is 2.06. The van der Waals surface area contributed by atoms with E-state index >= 15 is 0 Å². The maximum absolute atomic E-state index is 12.0. The summed E-state index contributed by atoms with van der Waals surface area (Å²) in [6.07, 6.45) is 0.455. The normalized spacial score (nSPS) is 11.8. The quantitative estimate of drug-likeness (QED) is 0.353. The van der Waals surface area contributed by atoms with Crippen molar-refractivity contribution in [1.82, 2.24) is 4.98 Å². The number of nitrogen functional groups attached to an aromatic ring is 1. The number of carbonyl (C=O) groups is 2. The number of rotatable bonds is 6. The van der Waals surface area contributed by atoms with E-state index in [-0.39, 0.29) is 0 Å². The van der Waals surface area contributed by atoms with E-state index in [4.69, 9.17) is 15.6 Å². The fourth-order valence-electron chi connectivity index (χ4n) is 3.44. The van der Waals surface area contributed by atoms with Gasteiger partial charge in [-0.25, -0.2) is 0 Å². The van der Waals surface area contributed by atoms with Crippen molar-refractivity contribution in [2.75, 3.05) is 5.73 Å². The second-order valence-corrected chi connectivity index (χ2v) is 6.44. The number of nitrogens with two attached hydrogens (primary N) is 1. The molecule has 0 aliphatic heterocycles. The van der Waals surface area contributed by atoms with E-state index in [0.29, 0.717) is 18.5 Å². The van der Waals surface area contributed by atoms with Gasteiger partial charge in [-0.2, -0.15) is 0 Å². The molecule has 0 radical (unpaired) electrons. The van der Waals surface area contributed by atoms with Gasteiger partial charge >= 0.3 is 11.9 Å². The topological polar surface area (TPSA) is 105 Å². The van der Waals surface area contributed by atoms with E-state index in [9.17, 15) is 9.59 Å². The summed E-state index contributed by atoms with van der Waals surface area (Å²) in [6.45, 7) is 3.85. The maximum atomic E-state index is 12.0. The lowest BCUT2D eigenvalue weighted by Gasteiger charge is -2.32. The summed E-state index contributed by atoms with van der Waals surface area (Å²) in [5.41, 5.74) is 8.48. The van der Waals surface area contributed by atoms with Crippen molar-refractivity contribution in [3.8, 4) is 0 Å². The summed E-state index contributed by atoms with van der Waals surface area (Å²) in [4.78, 5) is 26.1. The van der Waals surface area contributed by atoms with Crippen LogP contribution in [0.25, 0.3) is 21.8 Å². The van der Waals surface area contributed by atoms with Crippen molar-refractivity contribution in [3.05, 3.63) is 42.0 Å². The molecule has 0 aliphatic rings. The summed E-state index contributed by atoms with van der Waals surface area (Å²) < 4.78 is 5.62. The van der Waals surface area contributed by atoms with Crippen molar-refractivity contribution >= 4 is 39.4 Å². The highest BCUT2D eigenvalue weighted by molar-refractivity contribution is 6.08. The van der Waals surface area contributed by atoms with Crippen molar-refractivity contribution in [2.24, 2.45) is 0 Å². The highest BCUT2D eigenvalue weighted by Gasteiger charge is 2.33. The van der Waals surface area contributed by atoms with E-state index < -0.39 is 24.0 Å². The standard InChI is InChI=1S/C20H22N2O4/c1-3-20(4-2,26-19(25)11-18(23)24)12-5-7-14-15-10-13(21)6-8-16(15)22-17(14)9-12/h5-10,22H,3-4,11,21H2,1-2H3,(H,23,24). The van der Waals surface area contributed by atoms with Gasteiger partial charge < -0.3 is 20.6 Å². The molecule has 0 spiro atoms. The van der Waals surface area contributed by atoms with Crippen LogP contribution in [0, 0.1) is 0 Å². The van der Waals surface area contributed by atoms with Crippen LogP contribution in [0.3, 0.4) is 0 Å². The molecule has 2 aromatic carbocycles. The number of benzene rings is 2. The number of hydrogen-bond donors (Lipinski definition) is 3. The van der Waals surface area contributed by atoms with Gasteiger partial charge in [-0.15, -0.1) is 0 Å². The van der Waals surface area contributed by atoms with Crippen LogP contribution in [0.5, 0.6) is 0 Å². The molecule has 0 aliphatic carbocycles. The number of esters is 1. The van der Waals surface area contributed by atoms with Gasteiger partial charge in [-0.3, -0.25) is 9.59 Å². The first-order valence-electron chi connectivity index (χ1n) is 8.63. The first-order chi connectivity index (χ1) is 12.4. The fourth-order valence-corrected chi connectivity index (χ4v) is 3.44. The third-order valence-corrected chi connectivity index (χ3v) is 4.90. The van der Waals surface area contributed by atoms with E-state index in [1.807, 2.05) is 50.2 Å². The van der Waals surface area contributed by atoms with Crippen LogP contribution in [0.2, 0.25) is 0 Å². The number of carboxylic acids is 1. The molecule has 0 saturated carbocycles. The molecule has 0 atom stereocenters. The summed E-state index contributed by atoms with van der Waals surface area (Å²) in [7, 11) is 0. The van der Waals surface area contributed by atoms with E-state index in [1.54, 1.807) is 0 Å². The zero-order valence-corrected chi connectivity index (χ0v) is 14.8. The average Bonchev–Trinajstić information content (AvgIpc) is 2.96. The van der Waals surface area contributed by atoms with Crippen molar-refractivity contribution in [3.63, 3.8) is 0 Å². The first-order valence-corrected chi connectivity index (χ1v) is 8.63. The number of H-pyrrole nitrogens is 1. The third kappa shape index (κ3) is 3.10. The lowest BCUT2D eigenvalue weighted by Crippen LogP contribution is -2.32. The molecule has 0 saturated heterocycles. The minimum Gasteiger partial charge on any atom is -0.481 e. The molecule has 0 fully saturated rings. The number of hydrogen-bond acceptors (Lipinski definition) is 4. The van der Waals surface area contributed by atoms with Gasteiger partial charge in [0, 0.05) is 27.5 Å². The third-order valence-electron chi connectivity index (χ3n) is 4.90. The molecular formula is C20H22N2O4. The average molecular weight is 354 g/mol. The smallest absolute Gasteiger partial charge is 0.318 e. The Labute approximate surface area is 150 Å². The molecule has 3 rings (SSSR count). The summed E-state index contributed by atoms with van der Waals surface area (Å²) in [5, 5.41) is 10.9. The molecule has 6 heteroatoms. The molecule has 0 amide bonds. The Morgan fingerprint density at radius 3 is 2.46 bits per heavy atom. The van der Waals surface area contributed by atoms with Crippen LogP contribution < -0.4 is 5.73 Å². The van der Waals surface area contributed by atoms with Gasteiger partial charge in [0.05, 0.1) is 0 Å². The lowest BCUT2D eigenvalue weighted by atomic mass is 9.87. The second kappa shape index (κ2) is 6.71. The highest BCUT2D eigenvalue weighted by atomic mass is 16.6. The Morgan fingerprint density at radius 2 is 1.81 bits per heavy atom. The molecule has 1 aromatic heterocycles. The van der Waals surface area contributed by atoms with Crippen LogP contribution >= 0.6 is 0 Å². The number of ether oxygens (including phenoxy) is 1. The molecule has 3 aromatic rings. The fraction of sp³-hybridized carbons (Fsp3) is 0.300. The van der Waals surface area contributed by atoms with Crippen molar-refractivity contribution in [1.29, 1.82) is 0 Å². The largest absolute Gasteiger partial charge is 0.481 e. The number of carbonyl (C=O) groups excluding carboxylic acids is 1. The van der Waals surface area contributed by atoms with Gasteiger partial charge in [0.1, 0.15) is 12.0 Å². The van der Waals surface area contributed by atoms with Crippen LogP contribution in [-0.4, -0.2) is 22.0 Å². The van der Waals surface area contributed by atoms with Gasteiger partial charge in [-0.1, -0.05) is 26.0 Å². The molecule has 0 unspecified atom stereocenters. The Bertz CT molecular complexity index is 986. The molecule has 0 bridgehead atoms. The number of carboxylic acid groups (broad SMARTS) is 1. The minimum absolute atomic E-state index is 0.549. The predicted octanol–water partition coefficient (Wildman–Crippen LogP) is 3.94. The van der Waals surface area contributed by atoms with Gasteiger partial charge in [0.25, 0.3) is 0 Å². The van der Waals surface area contributed by atoms with Crippen molar-refractivity contribution < 1.29 is 19.4 Å². The minimum atomic E-state index is -1.19. The maximum Gasteiger partial charge on any atom is 0.318 e. The predicted molar refractivity (Wildman–Crippen MR) is 101 cm³/mol. The van der Waals surface area contributed by atoms with E-state index in [1.165, 1.54) is 0 Å². The van der Waals surface area contributed by atoms with Crippen LogP contribution in [-0.2, 0) is 19.9 Å². The summed E-state index contributed by atoms with van der Waals surface area (Å²) in [5.74, 6) is -1.93. The van der Waals surface area contributed by atoms with E-state index in [2.05, 4.69) is 4.98 Å².